The summed E-state index contributed by atoms with van der Waals surface area (Å²) in [6.07, 6.45) is 2.53. The Kier molecular flexibility index (Phi) is 2.44. The van der Waals surface area contributed by atoms with Crippen molar-refractivity contribution in [3.63, 3.8) is 0 Å². The number of nitrogens with zero attached hydrogens (tertiary/aromatic N) is 2. The molecule has 2 heterocycles. The largest absolute Gasteiger partial charge is 0.379 e. The minimum Gasteiger partial charge on any atom is -0.379 e. The highest BCUT2D eigenvalue weighted by atomic mass is 16.5. The van der Waals surface area contributed by atoms with Gasteiger partial charge in [-0.3, -0.25) is 9.36 Å². The Morgan fingerprint density at radius 2 is 2.35 bits per heavy atom. The van der Waals surface area contributed by atoms with Crippen LogP contribution in [0.25, 0.3) is 10.9 Å². The molecule has 3 rings (SSSR count). The lowest BCUT2D eigenvalue weighted by Crippen LogP contribution is -2.25. The third-order valence-electron chi connectivity index (χ3n) is 3.32. The monoisotopic (exact) mass is 230 g/mol. The maximum absolute atomic E-state index is 12.4. The number of aryl methyl sites for hydroxylation is 1. The van der Waals surface area contributed by atoms with E-state index in [2.05, 4.69) is 4.98 Å². The van der Waals surface area contributed by atoms with E-state index in [1.54, 1.807) is 10.9 Å². The molecule has 0 amide bonds. The van der Waals surface area contributed by atoms with Crippen LogP contribution in [-0.4, -0.2) is 22.8 Å². The average Bonchev–Trinajstić information content (AvgIpc) is 2.83. The molecule has 0 bridgehead atoms. The van der Waals surface area contributed by atoms with Crippen molar-refractivity contribution < 1.29 is 4.74 Å². The van der Waals surface area contributed by atoms with Crippen LogP contribution >= 0.6 is 0 Å². The third-order valence-corrected chi connectivity index (χ3v) is 3.32. The van der Waals surface area contributed by atoms with E-state index in [1.165, 1.54) is 0 Å². The Hall–Kier alpha value is -1.68. The molecule has 17 heavy (non-hydrogen) atoms. The van der Waals surface area contributed by atoms with E-state index in [4.69, 9.17) is 4.74 Å². The summed E-state index contributed by atoms with van der Waals surface area (Å²) < 4.78 is 7.03. The summed E-state index contributed by atoms with van der Waals surface area (Å²) in [5.41, 5.74) is 1.79. The van der Waals surface area contributed by atoms with Gasteiger partial charge in [-0.15, -0.1) is 0 Å². The normalized spacial score (nSPS) is 19.9. The van der Waals surface area contributed by atoms with Crippen LogP contribution in [0.5, 0.6) is 0 Å². The van der Waals surface area contributed by atoms with E-state index in [9.17, 15) is 4.79 Å². The highest BCUT2D eigenvalue weighted by Crippen LogP contribution is 2.18. The quantitative estimate of drug-likeness (QED) is 0.748. The summed E-state index contributed by atoms with van der Waals surface area (Å²) in [5.74, 6) is 0. The van der Waals surface area contributed by atoms with Crippen LogP contribution in [-0.2, 0) is 4.74 Å². The van der Waals surface area contributed by atoms with E-state index in [1.807, 2.05) is 25.1 Å². The van der Waals surface area contributed by atoms with Crippen LogP contribution in [0.2, 0.25) is 0 Å². The van der Waals surface area contributed by atoms with Crippen molar-refractivity contribution >= 4 is 10.9 Å². The van der Waals surface area contributed by atoms with E-state index in [0.29, 0.717) is 6.61 Å². The molecule has 0 saturated carbocycles. The number of rotatable bonds is 1. The molecule has 1 aliphatic heterocycles. The molecule has 2 aromatic rings. The summed E-state index contributed by atoms with van der Waals surface area (Å²) in [6, 6.07) is 5.88. The number of benzene rings is 1. The standard InChI is InChI=1S/C13H14N2O2/c1-9-3-2-4-11-12(9)13(16)15(8-14-11)10-5-6-17-7-10/h2-4,8,10H,5-7H2,1H3. The molecule has 0 aliphatic carbocycles. The summed E-state index contributed by atoms with van der Waals surface area (Å²) in [7, 11) is 0. The van der Waals surface area contributed by atoms with Crippen molar-refractivity contribution in [3.05, 3.63) is 40.4 Å². The van der Waals surface area contributed by atoms with E-state index in [-0.39, 0.29) is 11.6 Å². The number of ether oxygens (including phenoxy) is 1. The molecule has 88 valence electrons. The second-order valence-electron chi connectivity index (χ2n) is 4.44. The molecule has 0 spiro atoms. The molecule has 0 radical (unpaired) electrons. The lowest BCUT2D eigenvalue weighted by Gasteiger charge is -2.12. The Morgan fingerprint density at radius 3 is 3.12 bits per heavy atom. The van der Waals surface area contributed by atoms with Gasteiger partial charge in [0.05, 0.1) is 29.9 Å². The second kappa shape index (κ2) is 3.96. The zero-order valence-corrected chi connectivity index (χ0v) is 9.72. The topological polar surface area (TPSA) is 44.1 Å². The Labute approximate surface area is 98.9 Å². The number of aromatic nitrogens is 2. The van der Waals surface area contributed by atoms with Gasteiger partial charge in [0.1, 0.15) is 0 Å². The molecule has 1 saturated heterocycles. The van der Waals surface area contributed by atoms with Crippen LogP contribution in [0.1, 0.15) is 18.0 Å². The first-order valence-corrected chi connectivity index (χ1v) is 5.81. The van der Waals surface area contributed by atoms with Gasteiger partial charge < -0.3 is 4.74 Å². The van der Waals surface area contributed by atoms with Gasteiger partial charge in [-0.25, -0.2) is 4.98 Å². The van der Waals surface area contributed by atoms with E-state index >= 15 is 0 Å². The molecular formula is C13H14N2O2. The number of fused-ring (bicyclic) bond motifs is 1. The zero-order chi connectivity index (χ0) is 11.8. The number of hydrogen-bond acceptors (Lipinski definition) is 3. The molecule has 1 aromatic heterocycles. The van der Waals surface area contributed by atoms with E-state index in [0.717, 1.165) is 29.5 Å². The van der Waals surface area contributed by atoms with Crippen LogP contribution in [0.3, 0.4) is 0 Å². The summed E-state index contributed by atoms with van der Waals surface area (Å²) in [6.45, 7) is 3.28. The first kappa shape index (κ1) is 10.5. The summed E-state index contributed by atoms with van der Waals surface area (Å²) >= 11 is 0. The Bertz CT molecular complexity index is 612. The Balaban J connectivity index is 2.25. The smallest absolute Gasteiger partial charge is 0.261 e. The van der Waals surface area contributed by atoms with Crippen molar-refractivity contribution in [3.8, 4) is 0 Å². The first-order chi connectivity index (χ1) is 8.27. The minimum absolute atomic E-state index is 0.0450. The molecule has 0 N–H and O–H groups in total. The predicted octanol–water partition coefficient (Wildman–Crippen LogP) is 1.67. The molecule has 1 unspecified atom stereocenters. The van der Waals surface area contributed by atoms with Crippen LogP contribution < -0.4 is 5.56 Å². The number of hydrogen-bond donors (Lipinski definition) is 0. The van der Waals surface area contributed by atoms with Crippen molar-refractivity contribution in [1.82, 2.24) is 9.55 Å². The van der Waals surface area contributed by atoms with Gasteiger partial charge >= 0.3 is 0 Å². The maximum Gasteiger partial charge on any atom is 0.261 e. The molecule has 1 atom stereocenters. The summed E-state index contributed by atoms with van der Waals surface area (Å²) in [5, 5.41) is 0.724. The van der Waals surface area contributed by atoms with Crippen molar-refractivity contribution in [2.75, 3.05) is 13.2 Å². The van der Waals surface area contributed by atoms with Crippen LogP contribution in [0.4, 0.5) is 0 Å². The summed E-state index contributed by atoms with van der Waals surface area (Å²) in [4.78, 5) is 16.8. The molecule has 1 aromatic carbocycles. The Morgan fingerprint density at radius 1 is 1.47 bits per heavy atom. The predicted molar refractivity (Wildman–Crippen MR) is 65.2 cm³/mol. The van der Waals surface area contributed by atoms with Gasteiger partial charge in [0.2, 0.25) is 0 Å². The maximum atomic E-state index is 12.4. The molecule has 1 fully saturated rings. The van der Waals surface area contributed by atoms with Crippen molar-refractivity contribution in [2.24, 2.45) is 0 Å². The average molecular weight is 230 g/mol. The molecular weight excluding hydrogens is 216 g/mol. The van der Waals surface area contributed by atoms with Gasteiger partial charge in [-0.1, -0.05) is 12.1 Å². The SMILES string of the molecule is Cc1cccc2ncn(C3CCOC3)c(=O)c12. The van der Waals surface area contributed by atoms with Gasteiger partial charge in [0.25, 0.3) is 5.56 Å². The fourth-order valence-corrected chi connectivity index (χ4v) is 2.35. The lowest BCUT2D eigenvalue weighted by molar-refractivity contribution is 0.186. The second-order valence-corrected chi connectivity index (χ2v) is 4.44. The molecule has 4 nitrogen and oxygen atoms in total. The van der Waals surface area contributed by atoms with Crippen LogP contribution in [0, 0.1) is 6.92 Å². The van der Waals surface area contributed by atoms with Gasteiger partial charge in [0.15, 0.2) is 0 Å². The molecule has 4 heteroatoms. The van der Waals surface area contributed by atoms with E-state index < -0.39 is 0 Å². The fourth-order valence-electron chi connectivity index (χ4n) is 2.35. The van der Waals surface area contributed by atoms with Crippen molar-refractivity contribution in [1.29, 1.82) is 0 Å². The van der Waals surface area contributed by atoms with Crippen molar-refractivity contribution in [2.45, 2.75) is 19.4 Å². The third kappa shape index (κ3) is 1.65. The van der Waals surface area contributed by atoms with Gasteiger partial charge in [-0.05, 0) is 25.0 Å². The highest BCUT2D eigenvalue weighted by Gasteiger charge is 2.19. The fraction of sp³-hybridized carbons (Fsp3) is 0.385. The first-order valence-electron chi connectivity index (χ1n) is 5.81. The van der Waals surface area contributed by atoms with Gasteiger partial charge in [0, 0.05) is 6.61 Å². The molecule has 1 aliphatic rings. The van der Waals surface area contributed by atoms with Gasteiger partial charge in [-0.2, -0.15) is 0 Å². The highest BCUT2D eigenvalue weighted by molar-refractivity contribution is 5.80. The van der Waals surface area contributed by atoms with Crippen LogP contribution in [0.15, 0.2) is 29.3 Å². The zero-order valence-electron chi connectivity index (χ0n) is 9.72. The lowest BCUT2D eigenvalue weighted by atomic mass is 10.1. The minimum atomic E-state index is 0.0450.